The first-order valence-electron chi connectivity index (χ1n) is 4.34. The molecule has 0 saturated heterocycles. The Balaban J connectivity index is 2.17. The molecule has 0 aromatic carbocycles. The van der Waals surface area contributed by atoms with Gasteiger partial charge in [-0.2, -0.15) is 4.39 Å². The quantitative estimate of drug-likeness (QED) is 0.863. The minimum atomic E-state index is -0.649. The second-order valence-electron chi connectivity index (χ2n) is 2.91. The van der Waals surface area contributed by atoms with Crippen molar-refractivity contribution in [2.45, 2.75) is 0 Å². The van der Waals surface area contributed by atoms with Crippen LogP contribution in [0.2, 0.25) is 0 Å². The molecule has 0 saturated carbocycles. The van der Waals surface area contributed by atoms with Crippen molar-refractivity contribution < 1.29 is 13.6 Å². The molecule has 2 rings (SSSR count). The summed E-state index contributed by atoms with van der Waals surface area (Å²) in [5.41, 5.74) is 0.325. The molecule has 2 aromatic rings. The van der Waals surface area contributed by atoms with Gasteiger partial charge in [-0.15, -0.1) is 0 Å². The molecule has 4 nitrogen and oxygen atoms in total. The average molecular weight is 285 g/mol. The minimum Gasteiger partial charge on any atom is -0.457 e. The summed E-state index contributed by atoms with van der Waals surface area (Å²) in [6, 6.07) is 5.65. The van der Waals surface area contributed by atoms with Crippen LogP contribution in [0, 0.1) is 5.95 Å². The molecule has 6 heteroatoms. The number of carbonyl (C=O) groups excluding carboxylic acids is 1. The number of amides is 1. The van der Waals surface area contributed by atoms with Gasteiger partial charge in [0.15, 0.2) is 4.67 Å². The number of hydrogen-bond donors (Lipinski definition) is 1. The summed E-state index contributed by atoms with van der Waals surface area (Å²) in [5.74, 6) is -0.916. The first-order valence-corrected chi connectivity index (χ1v) is 5.13. The molecule has 2 heterocycles. The highest BCUT2D eigenvalue weighted by molar-refractivity contribution is 9.10. The Bertz CT molecular complexity index is 527. The van der Waals surface area contributed by atoms with Crippen LogP contribution in [-0.4, -0.2) is 10.9 Å². The van der Waals surface area contributed by atoms with Crippen molar-refractivity contribution in [3.8, 4) is 0 Å². The Morgan fingerprint density at radius 2 is 2.25 bits per heavy atom. The lowest BCUT2D eigenvalue weighted by Crippen LogP contribution is -2.12. The fraction of sp³-hybridized carbons (Fsp3) is 0. The molecule has 1 N–H and O–H groups in total. The van der Waals surface area contributed by atoms with Crippen LogP contribution in [0.15, 0.2) is 39.6 Å². The maximum Gasteiger partial charge on any atom is 0.261 e. The summed E-state index contributed by atoms with van der Waals surface area (Å²) in [4.78, 5) is 15.2. The third-order valence-electron chi connectivity index (χ3n) is 1.82. The number of halogens is 2. The van der Waals surface area contributed by atoms with Crippen LogP contribution in [-0.2, 0) is 0 Å². The van der Waals surface area contributed by atoms with Crippen molar-refractivity contribution in [3.63, 3.8) is 0 Å². The lowest BCUT2D eigenvalue weighted by Gasteiger charge is -2.02. The van der Waals surface area contributed by atoms with Gasteiger partial charge in [-0.25, -0.2) is 4.98 Å². The smallest absolute Gasteiger partial charge is 0.261 e. The third-order valence-corrected chi connectivity index (χ3v) is 2.43. The van der Waals surface area contributed by atoms with E-state index in [4.69, 9.17) is 4.42 Å². The molecule has 82 valence electrons. The number of aromatic nitrogens is 1. The van der Waals surface area contributed by atoms with E-state index < -0.39 is 11.9 Å². The minimum absolute atomic E-state index is 0.151. The van der Waals surface area contributed by atoms with Gasteiger partial charge < -0.3 is 9.73 Å². The fourth-order valence-corrected chi connectivity index (χ4v) is 1.54. The zero-order valence-electron chi connectivity index (χ0n) is 7.91. The Morgan fingerprint density at radius 1 is 1.44 bits per heavy atom. The van der Waals surface area contributed by atoms with E-state index in [0.29, 0.717) is 10.2 Å². The van der Waals surface area contributed by atoms with Gasteiger partial charge in [0.25, 0.3) is 5.91 Å². The van der Waals surface area contributed by atoms with Crippen LogP contribution in [0.3, 0.4) is 0 Å². The van der Waals surface area contributed by atoms with Gasteiger partial charge in [-0.1, -0.05) is 6.07 Å². The van der Waals surface area contributed by atoms with Crippen molar-refractivity contribution in [3.05, 3.63) is 46.7 Å². The van der Waals surface area contributed by atoms with Crippen LogP contribution < -0.4 is 5.32 Å². The largest absolute Gasteiger partial charge is 0.457 e. The Labute approximate surface area is 98.6 Å². The second kappa shape index (κ2) is 4.44. The molecule has 0 aliphatic carbocycles. The van der Waals surface area contributed by atoms with Gasteiger partial charge in [0.1, 0.15) is 5.82 Å². The Hall–Kier alpha value is -1.69. The van der Waals surface area contributed by atoms with Crippen molar-refractivity contribution in [1.82, 2.24) is 4.98 Å². The van der Waals surface area contributed by atoms with Gasteiger partial charge in [-0.05, 0) is 34.1 Å². The topological polar surface area (TPSA) is 55.1 Å². The normalized spacial score (nSPS) is 10.1. The van der Waals surface area contributed by atoms with E-state index >= 15 is 0 Å². The summed E-state index contributed by atoms with van der Waals surface area (Å²) in [6.07, 6.45) is 1.37. The van der Waals surface area contributed by atoms with E-state index in [1.807, 2.05) is 0 Å². The van der Waals surface area contributed by atoms with Gasteiger partial charge in [0, 0.05) is 0 Å². The summed E-state index contributed by atoms with van der Waals surface area (Å²) < 4.78 is 18.0. The summed E-state index contributed by atoms with van der Waals surface area (Å²) in [5, 5.41) is 2.45. The molecule has 0 aliphatic heterocycles. The van der Waals surface area contributed by atoms with Gasteiger partial charge in [0.05, 0.1) is 11.8 Å². The fourth-order valence-electron chi connectivity index (χ4n) is 1.12. The standard InChI is InChI=1S/C10H6BrFN2O2/c11-9-6(4-5-16-9)10(15)14-8-3-1-2-7(12)13-8/h1-5H,(H,13,14,15). The monoisotopic (exact) mass is 284 g/mol. The lowest BCUT2D eigenvalue weighted by molar-refractivity contribution is 0.102. The maximum absolute atomic E-state index is 12.7. The van der Waals surface area contributed by atoms with Crippen molar-refractivity contribution in [2.24, 2.45) is 0 Å². The predicted octanol–water partition coefficient (Wildman–Crippen LogP) is 2.83. The predicted molar refractivity (Wildman–Crippen MR) is 58.6 cm³/mol. The number of hydrogen-bond acceptors (Lipinski definition) is 3. The lowest BCUT2D eigenvalue weighted by atomic mass is 10.3. The van der Waals surface area contributed by atoms with Crippen LogP contribution in [0.25, 0.3) is 0 Å². The molecule has 0 bridgehead atoms. The number of carbonyl (C=O) groups is 1. The van der Waals surface area contributed by atoms with Crippen LogP contribution >= 0.6 is 15.9 Å². The molecule has 0 aliphatic rings. The molecule has 0 atom stereocenters. The highest BCUT2D eigenvalue weighted by Crippen LogP contribution is 2.18. The van der Waals surface area contributed by atoms with Crippen molar-refractivity contribution >= 4 is 27.7 Å². The summed E-state index contributed by atoms with van der Waals surface area (Å²) >= 11 is 3.07. The van der Waals surface area contributed by atoms with E-state index in [9.17, 15) is 9.18 Å². The molecular formula is C10H6BrFN2O2. The van der Waals surface area contributed by atoms with E-state index in [2.05, 4.69) is 26.2 Å². The summed E-state index contributed by atoms with van der Waals surface area (Å²) in [6.45, 7) is 0. The van der Waals surface area contributed by atoms with Gasteiger partial charge in [0.2, 0.25) is 5.95 Å². The SMILES string of the molecule is O=C(Nc1cccc(F)n1)c1ccoc1Br. The van der Waals surface area contributed by atoms with Crippen LogP contribution in [0.1, 0.15) is 10.4 Å². The molecule has 16 heavy (non-hydrogen) atoms. The number of nitrogens with one attached hydrogen (secondary N) is 1. The molecular weight excluding hydrogens is 279 g/mol. The molecule has 2 aromatic heterocycles. The number of pyridine rings is 1. The van der Waals surface area contributed by atoms with E-state index in [0.717, 1.165) is 0 Å². The van der Waals surface area contributed by atoms with E-state index in [-0.39, 0.29) is 5.82 Å². The molecule has 0 radical (unpaired) electrons. The van der Waals surface area contributed by atoms with E-state index in [1.54, 1.807) is 0 Å². The van der Waals surface area contributed by atoms with Crippen LogP contribution in [0.4, 0.5) is 10.2 Å². The van der Waals surface area contributed by atoms with Crippen molar-refractivity contribution in [2.75, 3.05) is 5.32 Å². The molecule has 0 unspecified atom stereocenters. The summed E-state index contributed by atoms with van der Waals surface area (Å²) in [7, 11) is 0. The van der Waals surface area contributed by atoms with Gasteiger partial charge >= 0.3 is 0 Å². The maximum atomic E-state index is 12.7. The third kappa shape index (κ3) is 2.27. The first-order chi connectivity index (χ1) is 7.66. The van der Waals surface area contributed by atoms with Gasteiger partial charge in [-0.3, -0.25) is 4.79 Å². The Morgan fingerprint density at radius 3 is 2.88 bits per heavy atom. The number of anilines is 1. The van der Waals surface area contributed by atoms with E-state index in [1.165, 1.54) is 30.5 Å². The Kier molecular flexibility index (Phi) is 3.00. The average Bonchev–Trinajstić information content (AvgIpc) is 2.64. The highest BCUT2D eigenvalue weighted by atomic mass is 79.9. The molecule has 1 amide bonds. The van der Waals surface area contributed by atoms with Crippen LogP contribution in [0.5, 0.6) is 0 Å². The number of furan rings is 1. The number of nitrogens with zero attached hydrogens (tertiary/aromatic N) is 1. The second-order valence-corrected chi connectivity index (χ2v) is 3.63. The zero-order chi connectivity index (χ0) is 11.5. The first kappa shape index (κ1) is 10.8. The molecule has 0 fully saturated rings. The zero-order valence-corrected chi connectivity index (χ0v) is 9.49. The number of rotatable bonds is 2. The highest BCUT2D eigenvalue weighted by Gasteiger charge is 2.13. The van der Waals surface area contributed by atoms with Crippen molar-refractivity contribution in [1.29, 1.82) is 0 Å². The molecule has 0 spiro atoms.